The first-order valence-electron chi connectivity index (χ1n) is 10.5. The number of hydrogen-bond acceptors (Lipinski definition) is 5. The molecule has 0 aromatic heterocycles. The molecule has 1 N–H and O–H groups in total. The van der Waals surface area contributed by atoms with E-state index in [4.69, 9.17) is 44.9 Å². The summed E-state index contributed by atoms with van der Waals surface area (Å²) in [5.41, 5.74) is 2.89. The number of benzene rings is 3. The quantitative estimate of drug-likeness (QED) is 0.252. The van der Waals surface area contributed by atoms with E-state index in [1.807, 2.05) is 31.2 Å². The van der Waals surface area contributed by atoms with Crippen molar-refractivity contribution in [2.24, 2.45) is 0 Å². The Morgan fingerprint density at radius 1 is 1.03 bits per heavy atom. The van der Waals surface area contributed by atoms with E-state index in [0.29, 0.717) is 23.7 Å². The number of nitrogens with zero attached hydrogens (tertiary/aromatic N) is 1. The van der Waals surface area contributed by atoms with Crippen LogP contribution < -0.4 is 19.7 Å². The van der Waals surface area contributed by atoms with E-state index in [0.717, 1.165) is 16.0 Å². The van der Waals surface area contributed by atoms with Gasteiger partial charge in [0.05, 0.1) is 22.8 Å². The molecule has 3 aromatic rings. The molecule has 0 bridgehead atoms. The summed E-state index contributed by atoms with van der Waals surface area (Å²) in [7, 11) is 1.52. The normalized spacial score (nSPS) is 14.8. The van der Waals surface area contributed by atoms with Gasteiger partial charge < -0.3 is 9.47 Å². The minimum absolute atomic E-state index is 0.0845. The minimum Gasteiger partial charge on any atom is -0.493 e. The van der Waals surface area contributed by atoms with Gasteiger partial charge in [-0.05, 0) is 60.6 Å². The molecule has 6 nitrogen and oxygen atoms in total. The average molecular weight is 527 g/mol. The number of halogens is 2. The maximum Gasteiger partial charge on any atom is 0.270 e. The van der Waals surface area contributed by atoms with E-state index in [9.17, 15) is 9.59 Å². The predicted octanol–water partition coefficient (Wildman–Crippen LogP) is 5.72. The maximum absolute atomic E-state index is 13.3. The Morgan fingerprint density at radius 2 is 1.80 bits per heavy atom. The van der Waals surface area contributed by atoms with Crippen molar-refractivity contribution < 1.29 is 19.1 Å². The summed E-state index contributed by atoms with van der Waals surface area (Å²) in [6, 6.07) is 18.0. The molecule has 35 heavy (non-hydrogen) atoms. The number of rotatable bonds is 6. The number of carbonyl (C=O) groups is 2. The number of ether oxygens (including phenoxy) is 2. The Labute approximate surface area is 218 Å². The highest BCUT2D eigenvalue weighted by Crippen LogP contribution is 2.35. The Bertz CT molecular complexity index is 1370. The highest BCUT2D eigenvalue weighted by molar-refractivity contribution is 7.80. The van der Waals surface area contributed by atoms with E-state index in [1.165, 1.54) is 13.2 Å². The van der Waals surface area contributed by atoms with Crippen molar-refractivity contribution in [3.8, 4) is 11.5 Å². The van der Waals surface area contributed by atoms with Gasteiger partial charge in [-0.25, -0.2) is 0 Å². The lowest BCUT2D eigenvalue weighted by Gasteiger charge is -2.29. The molecule has 4 rings (SSSR count). The molecule has 2 amide bonds. The molecule has 0 atom stereocenters. The van der Waals surface area contributed by atoms with E-state index < -0.39 is 11.8 Å². The minimum atomic E-state index is -0.623. The molecular weight excluding hydrogens is 507 g/mol. The van der Waals surface area contributed by atoms with Gasteiger partial charge >= 0.3 is 0 Å². The summed E-state index contributed by atoms with van der Waals surface area (Å²) >= 11 is 17.6. The summed E-state index contributed by atoms with van der Waals surface area (Å²) < 4.78 is 11.4. The van der Waals surface area contributed by atoms with Crippen LogP contribution in [0.15, 0.2) is 66.2 Å². The number of carbonyl (C=O) groups excluding carboxylic acids is 2. The predicted molar refractivity (Wildman–Crippen MR) is 141 cm³/mol. The molecule has 1 fully saturated rings. The lowest BCUT2D eigenvalue weighted by molar-refractivity contribution is -0.122. The third kappa shape index (κ3) is 5.32. The first-order valence-corrected chi connectivity index (χ1v) is 11.7. The molecule has 3 aromatic carbocycles. The van der Waals surface area contributed by atoms with Crippen LogP contribution in [0.3, 0.4) is 0 Å². The molecule has 0 radical (unpaired) electrons. The van der Waals surface area contributed by atoms with Crippen molar-refractivity contribution in [2.45, 2.75) is 13.5 Å². The first kappa shape index (κ1) is 24.7. The molecule has 0 spiro atoms. The molecule has 1 aliphatic rings. The highest BCUT2D eigenvalue weighted by atomic mass is 35.5. The second-order valence-electron chi connectivity index (χ2n) is 7.72. The standard InChI is InChI=1S/C26H20Cl2N2O4S/c1-15-5-3-6-17(11-15)14-34-21-10-9-16(13-22(21)33-2)12-18-24(31)29-26(35)30(25(18)32)20-8-4-7-19(27)23(20)28/h3-13H,14H2,1-2H3,(H,29,31,35)/b18-12+. The van der Waals surface area contributed by atoms with Crippen LogP contribution in [0.1, 0.15) is 16.7 Å². The zero-order valence-electron chi connectivity index (χ0n) is 18.8. The van der Waals surface area contributed by atoms with E-state index >= 15 is 0 Å². The Hall–Kier alpha value is -3.39. The fourth-order valence-electron chi connectivity index (χ4n) is 3.56. The Morgan fingerprint density at radius 3 is 2.54 bits per heavy atom. The van der Waals surface area contributed by atoms with Gasteiger partial charge in [0.2, 0.25) is 0 Å². The van der Waals surface area contributed by atoms with Gasteiger partial charge in [0.1, 0.15) is 12.2 Å². The van der Waals surface area contributed by atoms with Crippen molar-refractivity contribution in [1.82, 2.24) is 5.32 Å². The van der Waals surface area contributed by atoms with Crippen LogP contribution in [0, 0.1) is 6.92 Å². The number of thiocarbonyl (C=S) groups is 1. The van der Waals surface area contributed by atoms with Gasteiger partial charge in [-0.1, -0.05) is 65.2 Å². The van der Waals surface area contributed by atoms with Gasteiger partial charge in [-0.15, -0.1) is 0 Å². The summed E-state index contributed by atoms with van der Waals surface area (Å²) in [6.07, 6.45) is 1.46. The number of amides is 2. The molecule has 9 heteroatoms. The third-order valence-corrected chi connectivity index (χ3v) is 6.34. The molecule has 178 valence electrons. The van der Waals surface area contributed by atoms with Gasteiger partial charge in [0.15, 0.2) is 16.6 Å². The van der Waals surface area contributed by atoms with Crippen LogP contribution in [0.4, 0.5) is 5.69 Å². The molecule has 0 saturated carbocycles. The van der Waals surface area contributed by atoms with Crippen LogP contribution in [0.5, 0.6) is 11.5 Å². The van der Waals surface area contributed by atoms with E-state index in [1.54, 1.807) is 36.4 Å². The van der Waals surface area contributed by atoms with Gasteiger partial charge in [0, 0.05) is 0 Å². The number of hydrogen-bond donors (Lipinski definition) is 1. The molecule has 1 heterocycles. The van der Waals surface area contributed by atoms with E-state index in [-0.39, 0.29) is 26.4 Å². The molecule has 0 aliphatic carbocycles. The summed E-state index contributed by atoms with van der Waals surface area (Å²) in [5.74, 6) is -0.250. The first-order chi connectivity index (χ1) is 16.8. The largest absolute Gasteiger partial charge is 0.493 e. The van der Waals surface area contributed by atoms with Crippen LogP contribution in [-0.4, -0.2) is 24.0 Å². The lowest BCUT2D eigenvalue weighted by atomic mass is 10.1. The van der Waals surface area contributed by atoms with Crippen LogP contribution in [0.25, 0.3) is 6.08 Å². The molecule has 1 aliphatic heterocycles. The average Bonchev–Trinajstić information content (AvgIpc) is 2.83. The van der Waals surface area contributed by atoms with Crippen molar-refractivity contribution in [1.29, 1.82) is 0 Å². The zero-order chi connectivity index (χ0) is 25.1. The Kier molecular flexibility index (Phi) is 7.40. The van der Waals surface area contributed by atoms with Crippen molar-refractivity contribution in [3.63, 3.8) is 0 Å². The third-order valence-electron chi connectivity index (χ3n) is 5.25. The topological polar surface area (TPSA) is 67.9 Å². The van der Waals surface area contributed by atoms with E-state index in [2.05, 4.69) is 5.32 Å². The second-order valence-corrected chi connectivity index (χ2v) is 8.89. The smallest absolute Gasteiger partial charge is 0.270 e. The second kappa shape index (κ2) is 10.5. The van der Waals surface area contributed by atoms with Gasteiger partial charge in [-0.2, -0.15) is 0 Å². The number of nitrogens with one attached hydrogen (secondary N) is 1. The van der Waals surface area contributed by atoms with Crippen LogP contribution in [-0.2, 0) is 16.2 Å². The monoisotopic (exact) mass is 526 g/mol. The number of methoxy groups -OCH3 is 1. The molecule has 1 saturated heterocycles. The van der Waals surface area contributed by atoms with Crippen LogP contribution >= 0.6 is 35.4 Å². The SMILES string of the molecule is COc1cc(/C=C2\C(=O)NC(=S)N(c3cccc(Cl)c3Cl)C2=O)ccc1OCc1cccc(C)c1. The fraction of sp³-hybridized carbons (Fsp3) is 0.115. The fourth-order valence-corrected chi connectivity index (χ4v) is 4.22. The molecular formula is C26H20Cl2N2O4S. The maximum atomic E-state index is 13.3. The Balaban J connectivity index is 1.62. The summed E-state index contributed by atoms with van der Waals surface area (Å²) in [5, 5.41) is 2.85. The summed E-state index contributed by atoms with van der Waals surface area (Å²) in [4.78, 5) is 27.0. The van der Waals surface area contributed by atoms with Crippen molar-refractivity contribution >= 4 is 64.1 Å². The van der Waals surface area contributed by atoms with Crippen LogP contribution in [0.2, 0.25) is 10.0 Å². The summed E-state index contributed by atoms with van der Waals surface area (Å²) in [6.45, 7) is 2.38. The lowest BCUT2D eigenvalue weighted by Crippen LogP contribution is -2.54. The molecule has 0 unspecified atom stereocenters. The number of anilines is 1. The zero-order valence-corrected chi connectivity index (χ0v) is 21.1. The van der Waals surface area contributed by atoms with Crippen molar-refractivity contribution in [3.05, 3.63) is 93.0 Å². The van der Waals surface area contributed by atoms with Gasteiger partial charge in [-0.3, -0.25) is 19.8 Å². The highest BCUT2D eigenvalue weighted by Gasteiger charge is 2.35. The number of aryl methyl sites for hydroxylation is 1. The van der Waals surface area contributed by atoms with Crippen molar-refractivity contribution in [2.75, 3.05) is 12.0 Å². The van der Waals surface area contributed by atoms with Gasteiger partial charge in [0.25, 0.3) is 11.8 Å².